The number of amides is 1. The average Bonchev–Trinajstić information content (AvgIpc) is 3.18. The van der Waals surface area contributed by atoms with Crippen molar-refractivity contribution < 1.29 is 13.6 Å². The zero-order chi connectivity index (χ0) is 25.2. The monoisotopic (exact) mass is 498 g/mol. The van der Waals surface area contributed by atoms with Gasteiger partial charge in [-0.05, 0) is 29.7 Å². The second kappa shape index (κ2) is 10.2. The highest BCUT2D eigenvalue weighted by atomic mass is 32.2. The van der Waals surface area contributed by atoms with Crippen LogP contribution in [0.15, 0.2) is 52.4 Å². The van der Waals surface area contributed by atoms with Gasteiger partial charge in [-0.3, -0.25) is 9.79 Å². The van der Waals surface area contributed by atoms with Gasteiger partial charge in [-0.2, -0.15) is 0 Å². The number of thioether (sulfide) groups is 1. The SMILES string of the molecule is CCN1CCC2(CC1)N=C(SCC(=O)Nc1ccc(F)c(F)c1)C(c1ccc(C(C)(C)C)cc1)=N2. The Hall–Kier alpha value is -2.58. The van der Waals surface area contributed by atoms with E-state index in [4.69, 9.17) is 9.98 Å². The summed E-state index contributed by atoms with van der Waals surface area (Å²) in [5.74, 6) is -2.17. The van der Waals surface area contributed by atoms with Crippen LogP contribution in [0, 0.1) is 11.6 Å². The van der Waals surface area contributed by atoms with E-state index in [0.717, 1.165) is 60.9 Å². The van der Waals surface area contributed by atoms with Gasteiger partial charge >= 0.3 is 0 Å². The molecule has 0 bridgehead atoms. The van der Waals surface area contributed by atoms with Crippen molar-refractivity contribution in [1.82, 2.24) is 4.90 Å². The van der Waals surface area contributed by atoms with Crippen molar-refractivity contribution in [3.05, 3.63) is 65.2 Å². The van der Waals surface area contributed by atoms with E-state index < -0.39 is 17.3 Å². The number of carbonyl (C=O) groups excluding carboxylic acids is 1. The fourth-order valence-electron chi connectivity index (χ4n) is 4.30. The molecule has 1 saturated heterocycles. The van der Waals surface area contributed by atoms with Gasteiger partial charge in [0.15, 0.2) is 17.3 Å². The summed E-state index contributed by atoms with van der Waals surface area (Å²) in [4.78, 5) is 25.1. The first-order chi connectivity index (χ1) is 16.6. The zero-order valence-corrected chi connectivity index (χ0v) is 21.5. The Bertz CT molecular complexity index is 1150. The Morgan fingerprint density at radius 3 is 2.34 bits per heavy atom. The van der Waals surface area contributed by atoms with E-state index in [1.165, 1.54) is 23.4 Å². The summed E-state index contributed by atoms with van der Waals surface area (Å²) in [7, 11) is 0. The number of nitrogens with zero attached hydrogens (tertiary/aromatic N) is 3. The van der Waals surface area contributed by atoms with E-state index in [9.17, 15) is 13.6 Å². The number of carbonyl (C=O) groups is 1. The van der Waals surface area contributed by atoms with Crippen molar-refractivity contribution in [2.24, 2.45) is 9.98 Å². The summed E-state index contributed by atoms with van der Waals surface area (Å²) in [5, 5.41) is 3.38. The lowest BCUT2D eigenvalue weighted by Gasteiger charge is -2.34. The number of benzene rings is 2. The van der Waals surface area contributed by atoms with E-state index >= 15 is 0 Å². The Kier molecular flexibility index (Phi) is 7.43. The van der Waals surface area contributed by atoms with Crippen molar-refractivity contribution >= 4 is 34.1 Å². The lowest BCUT2D eigenvalue weighted by molar-refractivity contribution is -0.113. The number of aliphatic imine (C=N–C) groups is 2. The van der Waals surface area contributed by atoms with Crippen LogP contribution < -0.4 is 5.32 Å². The minimum atomic E-state index is -0.996. The predicted octanol–water partition coefficient (Wildman–Crippen LogP) is 5.65. The molecule has 1 spiro atoms. The molecular formula is C27H32F2N4OS. The molecule has 1 N–H and O–H groups in total. The molecule has 1 amide bonds. The Balaban J connectivity index is 1.52. The minimum absolute atomic E-state index is 0.0494. The van der Waals surface area contributed by atoms with Crippen molar-refractivity contribution in [3.8, 4) is 0 Å². The van der Waals surface area contributed by atoms with Gasteiger partial charge in [-0.15, -0.1) is 0 Å². The van der Waals surface area contributed by atoms with Gasteiger partial charge in [0, 0.05) is 43.2 Å². The molecule has 8 heteroatoms. The number of nitrogens with one attached hydrogen (secondary N) is 1. The summed E-state index contributed by atoms with van der Waals surface area (Å²) < 4.78 is 26.7. The van der Waals surface area contributed by atoms with Crippen LogP contribution in [-0.4, -0.2) is 52.6 Å². The van der Waals surface area contributed by atoms with Gasteiger partial charge in [0.2, 0.25) is 5.91 Å². The molecule has 5 nitrogen and oxygen atoms in total. The first-order valence-corrected chi connectivity index (χ1v) is 13.0. The highest BCUT2D eigenvalue weighted by Gasteiger charge is 2.39. The third-order valence-corrected chi connectivity index (χ3v) is 7.47. The molecule has 0 atom stereocenters. The van der Waals surface area contributed by atoms with Crippen LogP contribution in [-0.2, 0) is 10.2 Å². The van der Waals surface area contributed by atoms with Crippen molar-refractivity contribution in [2.45, 2.75) is 51.6 Å². The molecule has 0 radical (unpaired) electrons. The molecule has 4 rings (SSSR count). The van der Waals surface area contributed by atoms with E-state index in [1.807, 2.05) is 0 Å². The van der Waals surface area contributed by atoms with Crippen LogP contribution >= 0.6 is 11.8 Å². The van der Waals surface area contributed by atoms with Crippen LogP contribution in [0.3, 0.4) is 0 Å². The Labute approximate surface area is 210 Å². The van der Waals surface area contributed by atoms with Crippen LogP contribution in [0.5, 0.6) is 0 Å². The number of anilines is 1. The van der Waals surface area contributed by atoms with Gasteiger partial charge in [0.1, 0.15) is 5.04 Å². The summed E-state index contributed by atoms with van der Waals surface area (Å²) in [5.41, 5.74) is 2.83. The molecule has 0 aromatic heterocycles. The van der Waals surface area contributed by atoms with E-state index in [-0.39, 0.29) is 22.8 Å². The van der Waals surface area contributed by atoms with Gasteiger partial charge in [-0.1, -0.05) is 63.7 Å². The van der Waals surface area contributed by atoms with E-state index in [0.29, 0.717) is 0 Å². The maximum atomic E-state index is 13.5. The molecule has 2 aromatic carbocycles. The molecule has 2 aliphatic rings. The van der Waals surface area contributed by atoms with Crippen LogP contribution in [0.4, 0.5) is 14.5 Å². The average molecular weight is 499 g/mol. The molecule has 35 heavy (non-hydrogen) atoms. The summed E-state index contributed by atoms with van der Waals surface area (Å²) in [6.07, 6.45) is 1.69. The first-order valence-electron chi connectivity index (χ1n) is 12.0. The largest absolute Gasteiger partial charge is 0.325 e. The highest BCUT2D eigenvalue weighted by molar-refractivity contribution is 8.16. The first kappa shape index (κ1) is 25.5. The number of halogens is 2. The second-order valence-corrected chi connectivity index (χ2v) is 11.1. The fourth-order valence-corrected chi connectivity index (χ4v) is 5.17. The zero-order valence-electron chi connectivity index (χ0n) is 20.7. The number of hydrogen-bond donors (Lipinski definition) is 1. The van der Waals surface area contributed by atoms with Crippen molar-refractivity contribution in [2.75, 3.05) is 30.7 Å². The molecule has 1 fully saturated rings. The van der Waals surface area contributed by atoms with Crippen LogP contribution in [0.25, 0.3) is 0 Å². The number of likely N-dealkylation sites (tertiary alicyclic amines) is 1. The number of hydrogen-bond acceptors (Lipinski definition) is 5. The molecule has 2 heterocycles. The van der Waals surface area contributed by atoms with Gasteiger partial charge in [-0.25, -0.2) is 13.8 Å². The molecule has 0 aliphatic carbocycles. The lowest BCUT2D eigenvalue weighted by atomic mass is 9.86. The molecule has 2 aromatic rings. The summed E-state index contributed by atoms with van der Waals surface area (Å²) >= 11 is 1.33. The van der Waals surface area contributed by atoms with Gasteiger partial charge in [0.25, 0.3) is 0 Å². The normalized spacial score (nSPS) is 17.9. The van der Waals surface area contributed by atoms with Crippen LogP contribution in [0.2, 0.25) is 0 Å². The molecule has 186 valence electrons. The van der Waals surface area contributed by atoms with Gasteiger partial charge in [0.05, 0.1) is 11.5 Å². The third-order valence-electron chi connectivity index (χ3n) is 6.50. The molecule has 0 unspecified atom stereocenters. The fraction of sp³-hybridized carbons (Fsp3) is 0.444. The maximum Gasteiger partial charge on any atom is 0.234 e. The molecule has 0 saturated carbocycles. The van der Waals surface area contributed by atoms with Crippen molar-refractivity contribution in [3.63, 3.8) is 0 Å². The predicted molar refractivity (Wildman–Crippen MR) is 141 cm³/mol. The minimum Gasteiger partial charge on any atom is -0.325 e. The standard InChI is InChI=1S/C27H32F2N4OS/c1-5-33-14-12-27(13-15-33)31-24(18-6-8-19(9-7-18)26(2,3)4)25(32-27)35-17-23(34)30-20-10-11-21(28)22(29)16-20/h6-11,16H,5,12-15,17H2,1-4H3,(H,30,34). The highest BCUT2D eigenvalue weighted by Crippen LogP contribution is 2.36. The van der Waals surface area contributed by atoms with Crippen molar-refractivity contribution in [1.29, 1.82) is 0 Å². The topological polar surface area (TPSA) is 57.1 Å². The van der Waals surface area contributed by atoms with E-state index in [1.54, 1.807) is 0 Å². The summed E-state index contributed by atoms with van der Waals surface area (Å²) in [6, 6.07) is 11.7. The maximum absolute atomic E-state index is 13.5. The Morgan fingerprint density at radius 2 is 1.74 bits per heavy atom. The Morgan fingerprint density at radius 1 is 1.06 bits per heavy atom. The number of piperidine rings is 1. The second-order valence-electron chi connectivity index (χ2n) is 10.1. The van der Waals surface area contributed by atoms with Gasteiger partial charge < -0.3 is 10.2 Å². The molecular weight excluding hydrogens is 466 g/mol. The third kappa shape index (κ3) is 5.98. The summed E-state index contributed by atoms with van der Waals surface area (Å²) in [6.45, 7) is 11.6. The smallest absolute Gasteiger partial charge is 0.234 e. The van der Waals surface area contributed by atoms with E-state index in [2.05, 4.69) is 62.2 Å². The number of rotatable bonds is 5. The quantitative estimate of drug-likeness (QED) is 0.580. The lowest BCUT2D eigenvalue weighted by Crippen LogP contribution is -2.41. The van der Waals surface area contributed by atoms with Crippen LogP contribution in [0.1, 0.15) is 51.7 Å². The molecule has 2 aliphatic heterocycles.